The van der Waals surface area contributed by atoms with E-state index in [4.69, 9.17) is 42.6 Å². The molecule has 2 unspecified atom stereocenters. The van der Waals surface area contributed by atoms with Crippen molar-refractivity contribution in [3.63, 3.8) is 0 Å². The molecular weight excluding hydrogens is 1420 g/mol. The zero-order valence-electron chi connectivity index (χ0n) is 59.5. The van der Waals surface area contributed by atoms with E-state index >= 15 is 0 Å². The summed E-state index contributed by atoms with van der Waals surface area (Å²) in [4.78, 5) is 104. The van der Waals surface area contributed by atoms with Crippen molar-refractivity contribution in [2.24, 2.45) is 0 Å². The summed E-state index contributed by atoms with van der Waals surface area (Å²) in [5.74, 6) is -5.50. The number of benzene rings is 4. The molecule has 2 saturated heterocycles. The van der Waals surface area contributed by atoms with Crippen molar-refractivity contribution >= 4 is 58.4 Å². The molecule has 4 bridgehead atoms. The first-order chi connectivity index (χ1) is 49.3. The van der Waals surface area contributed by atoms with E-state index in [1.165, 1.54) is 41.9 Å². The summed E-state index contributed by atoms with van der Waals surface area (Å²) in [7, 11) is 6.69. The highest BCUT2D eigenvalue weighted by molar-refractivity contribution is 6.62. The minimum absolute atomic E-state index is 0.0323. The van der Waals surface area contributed by atoms with E-state index in [1.807, 2.05) is 54.8 Å². The molecule has 5 N–H and O–H groups in total. The smallest absolute Gasteiger partial charge is 0.471 e. The van der Waals surface area contributed by atoms with Gasteiger partial charge in [-0.1, -0.05) is 12.1 Å². The van der Waals surface area contributed by atoms with Crippen LogP contribution in [0.15, 0.2) is 12.1 Å². The maximum atomic E-state index is 13.3. The lowest BCUT2D eigenvalue weighted by Gasteiger charge is -2.60. The summed E-state index contributed by atoms with van der Waals surface area (Å²) in [6.45, 7) is 13.6. The number of aryl methyl sites for hydroxylation is 2. The monoisotopic (exact) mass is 1490 g/mol. The van der Waals surface area contributed by atoms with E-state index in [-0.39, 0.29) is 73.8 Å². The molecule has 4 amide bonds. The molecule has 28 nitrogen and oxygen atoms in total. The molecule has 0 aromatic heterocycles. The molecular formula is C70H77ClF6N10O18. The van der Waals surface area contributed by atoms with Gasteiger partial charge in [0.15, 0.2) is 46.0 Å². The van der Waals surface area contributed by atoms with Crippen LogP contribution in [-0.4, -0.2) is 187 Å². The minimum Gasteiger partial charge on any atom is -0.504 e. The molecule has 8 aliphatic heterocycles. The van der Waals surface area contributed by atoms with Gasteiger partial charge < -0.3 is 69.0 Å². The zero-order valence-corrected chi connectivity index (χ0v) is 60.2. The Balaban J connectivity index is 0.000000214. The Morgan fingerprint density at radius 1 is 0.562 bits per heavy atom. The van der Waals surface area contributed by atoms with Gasteiger partial charge in [-0.05, 0) is 115 Å². The Morgan fingerprint density at radius 2 is 0.914 bits per heavy atom. The number of likely N-dealkylation sites (N-methyl/N-ethyl adjacent to an activating group) is 2. The molecule has 2 fully saturated rings. The van der Waals surface area contributed by atoms with Crippen molar-refractivity contribution < 1.29 is 112 Å². The van der Waals surface area contributed by atoms with Crippen LogP contribution >= 0.6 is 11.6 Å². The number of nitrogens with zero attached hydrogens (tertiary/aromatic N) is 6. The molecule has 564 valence electrons. The number of piperazine rings is 2. The van der Waals surface area contributed by atoms with E-state index in [0.29, 0.717) is 91.8 Å². The summed E-state index contributed by atoms with van der Waals surface area (Å²) in [5.41, 5.74) is 7.52. The number of aromatic hydroxyl groups is 1. The Labute approximate surface area is 603 Å². The standard InChI is InChI=1S/C35H38F3N5O9.C33H36F3N5O8.C2H3ClO/c1-14-8-19-9-21-23(11-39)43-22(27(42(21)6)25(19)32(28(14)48-7)52-18(5)45)10-20-26(31-30(49-13-50-31)15(2)29(20)51-17(4)44)24(43)12-40-33(46)16(3)41-34(47)35(36,37)38;1-13-7-17-8-19-21(10-37)41-20(25(40(19)5)23(17)26(43)27(13)46-6)9-18-24(30-29(47-12-48-30)14(2)28(18)49-16(4)42)22(41)11-38-31(44)15(3)39-32(45)33(34,35)36;1-2(3)4/h8,16,21-24,27H,9-10,12-13H2,1-7H3,(H,40,46)(H,41,47);7,15,19-22,25,43H,8-9,11-12H2,1-6H3,(H,38,44)(H,39,45);1H3/t16-,21+,22?,23+,24+,27+;15-,19+,20?,21+,22+,25+;/m11./s1. The van der Waals surface area contributed by atoms with Crippen molar-refractivity contribution in [1.29, 1.82) is 10.5 Å². The average molecular weight is 1500 g/mol. The van der Waals surface area contributed by atoms with Gasteiger partial charge >= 0.3 is 42.1 Å². The summed E-state index contributed by atoms with van der Waals surface area (Å²) in [5, 5.41) is 41.5. The fourth-order valence-electron chi connectivity index (χ4n) is 16.2. The van der Waals surface area contributed by atoms with Crippen LogP contribution in [0.4, 0.5) is 26.3 Å². The van der Waals surface area contributed by atoms with Crippen molar-refractivity contribution in [2.45, 2.75) is 180 Å². The average Bonchev–Trinajstić information content (AvgIpc) is 1.41. The number of hydrogen-bond acceptors (Lipinski definition) is 24. The zero-order chi connectivity index (χ0) is 77.2. The first-order valence-electron chi connectivity index (χ1n) is 33.1. The first-order valence-corrected chi connectivity index (χ1v) is 33.5. The third-order valence-electron chi connectivity index (χ3n) is 20.2. The second-order valence-electron chi connectivity index (χ2n) is 26.6. The number of alkyl halides is 6. The number of fused-ring (bicyclic) bond motifs is 18. The first kappa shape index (κ1) is 77.7. The van der Waals surface area contributed by atoms with Gasteiger partial charge in [-0.3, -0.25) is 58.0 Å². The van der Waals surface area contributed by atoms with Gasteiger partial charge in [-0.15, -0.1) is 0 Å². The summed E-state index contributed by atoms with van der Waals surface area (Å²) >= 11 is 4.64. The number of nitrogens with one attached hydrogen (secondary N) is 4. The van der Waals surface area contributed by atoms with Crippen LogP contribution < -0.4 is 63.9 Å². The fraction of sp³-hybridized carbons (Fsp3) is 0.514. The number of carbonyl (C=O) groups is 8. The SMILES string of the molecule is CC(=O)Cl.COc1c(C)cc2c(c1O)[C@@H]1C3Cc4c(OC(C)=O)c(C)c5c(c4[C@H](CNC(=O)[C@@H](C)NC(=O)C(F)(F)F)N3[C@@H](C#N)[C@H](C2)N1C)OCO5.COc1c(C)cc2c(c1OC(C)=O)[C@@H]1C3Cc4c(OC(C)=O)c(C)c5c(c4[C@H](CNC(=O)[C@@H](C)NC(=O)C(F)(F)F)N3[C@@H](C#N)[C@H](C2)N1C)OCO5. The molecule has 12 rings (SSSR count). The number of esters is 3. The molecule has 0 saturated carbocycles. The maximum absolute atomic E-state index is 13.3. The van der Waals surface area contributed by atoms with Gasteiger partial charge in [0.05, 0.1) is 50.5 Å². The maximum Gasteiger partial charge on any atom is 0.471 e. The number of rotatable bonds is 13. The van der Waals surface area contributed by atoms with Gasteiger partial charge in [-0.25, -0.2) is 0 Å². The lowest BCUT2D eigenvalue weighted by molar-refractivity contribution is -0.174. The van der Waals surface area contributed by atoms with Gasteiger partial charge in [-0.2, -0.15) is 36.9 Å². The van der Waals surface area contributed by atoms with Gasteiger partial charge in [0.25, 0.3) is 0 Å². The molecule has 4 aromatic carbocycles. The molecule has 8 aliphatic rings. The second-order valence-corrected chi connectivity index (χ2v) is 27.1. The number of amides is 4. The molecule has 105 heavy (non-hydrogen) atoms. The predicted octanol–water partition coefficient (Wildman–Crippen LogP) is 6.24. The number of methoxy groups -OCH3 is 2. The quantitative estimate of drug-likeness (QED) is 0.0428. The highest BCUT2D eigenvalue weighted by Gasteiger charge is 2.60. The Kier molecular flexibility index (Phi) is 22.2. The molecule has 35 heteroatoms. The summed E-state index contributed by atoms with van der Waals surface area (Å²) < 4.78 is 130. The van der Waals surface area contributed by atoms with Crippen LogP contribution in [0.25, 0.3) is 0 Å². The summed E-state index contributed by atoms with van der Waals surface area (Å²) in [6.07, 6.45) is -9.21. The number of hydrogen-bond donors (Lipinski definition) is 5. The van der Waals surface area contributed by atoms with Crippen LogP contribution in [0.2, 0.25) is 0 Å². The fourth-order valence-corrected chi connectivity index (χ4v) is 16.2. The van der Waals surface area contributed by atoms with Crippen LogP contribution in [0.3, 0.4) is 0 Å². The van der Waals surface area contributed by atoms with Gasteiger partial charge in [0.1, 0.15) is 35.7 Å². The number of phenolic OH excluding ortho intramolecular Hbond substituents is 1. The van der Waals surface area contributed by atoms with Crippen molar-refractivity contribution in [3.05, 3.63) is 78.9 Å². The van der Waals surface area contributed by atoms with Crippen molar-refractivity contribution in [1.82, 2.24) is 40.9 Å². The van der Waals surface area contributed by atoms with Gasteiger partial charge in [0.2, 0.25) is 30.6 Å². The highest BCUT2D eigenvalue weighted by Crippen LogP contribution is 2.61. The predicted molar refractivity (Wildman–Crippen MR) is 354 cm³/mol. The van der Waals surface area contributed by atoms with Crippen LogP contribution in [-0.2, 0) is 64.0 Å². The normalized spacial score (nSPS) is 23.3. The largest absolute Gasteiger partial charge is 0.504 e. The molecule has 0 spiro atoms. The molecule has 0 aliphatic carbocycles. The summed E-state index contributed by atoms with van der Waals surface area (Å²) in [6, 6.07) is -0.636. The molecule has 4 aromatic rings. The third-order valence-corrected chi connectivity index (χ3v) is 20.2. The van der Waals surface area contributed by atoms with E-state index < -0.39 is 120 Å². The molecule has 8 heterocycles. The Morgan fingerprint density at radius 3 is 1.28 bits per heavy atom. The van der Waals surface area contributed by atoms with Crippen molar-refractivity contribution in [2.75, 3.05) is 55.0 Å². The lowest BCUT2D eigenvalue weighted by atomic mass is 9.71. The lowest BCUT2D eigenvalue weighted by Crippen LogP contribution is -2.69. The van der Waals surface area contributed by atoms with Crippen LogP contribution in [0.1, 0.15) is 132 Å². The second kappa shape index (κ2) is 29.9. The number of carbonyl (C=O) groups excluding carboxylic acids is 8. The number of nitriles is 2. The van der Waals surface area contributed by atoms with E-state index in [0.717, 1.165) is 36.1 Å². The Bertz CT molecular complexity index is 4350. The number of ether oxygens (including phenoxy) is 9. The number of halogens is 7. The van der Waals surface area contributed by atoms with Crippen molar-refractivity contribution in [3.8, 4) is 69.6 Å². The topological polar surface area (TPSA) is 349 Å². The van der Waals surface area contributed by atoms with Crippen LogP contribution in [0, 0.1) is 50.4 Å². The molecule has 0 radical (unpaired) electrons. The highest BCUT2D eigenvalue weighted by atomic mass is 35.5. The number of phenols is 1. The Hall–Kier alpha value is -9.87. The van der Waals surface area contributed by atoms with E-state index in [1.54, 1.807) is 24.5 Å². The van der Waals surface area contributed by atoms with Crippen LogP contribution in [0.5, 0.6) is 57.5 Å². The molecule has 12 atom stereocenters. The van der Waals surface area contributed by atoms with E-state index in [9.17, 15) is 80.3 Å². The van der Waals surface area contributed by atoms with E-state index in [2.05, 4.69) is 39.3 Å². The third kappa shape index (κ3) is 14.3. The minimum atomic E-state index is -5.20. The van der Waals surface area contributed by atoms with Gasteiger partial charge in [0, 0.05) is 109 Å².